The van der Waals surface area contributed by atoms with Crippen LogP contribution in [0.1, 0.15) is 26.2 Å². The molecule has 0 bridgehead atoms. The van der Waals surface area contributed by atoms with E-state index in [4.69, 9.17) is 4.74 Å². The molecule has 1 aliphatic heterocycles. The number of nitrogens with zero attached hydrogens (tertiary/aromatic N) is 1. The Hall–Kier alpha value is -1.45. The third-order valence-corrected chi connectivity index (χ3v) is 3.75. The first-order chi connectivity index (χ1) is 10.2. The molecule has 0 saturated carbocycles. The van der Waals surface area contributed by atoms with Crippen LogP contribution in [-0.2, 0) is 4.74 Å². The average Bonchev–Trinajstić information content (AvgIpc) is 2.70. The summed E-state index contributed by atoms with van der Waals surface area (Å²) in [6.45, 7) is 12.0. The van der Waals surface area contributed by atoms with Crippen molar-refractivity contribution in [1.29, 1.82) is 0 Å². The molecule has 1 atom stereocenters. The first-order valence-corrected chi connectivity index (χ1v) is 7.62. The summed E-state index contributed by atoms with van der Waals surface area (Å²) >= 11 is 0. The fourth-order valence-corrected chi connectivity index (χ4v) is 2.63. The van der Waals surface area contributed by atoms with Gasteiger partial charge in [-0.05, 0) is 54.7 Å². The summed E-state index contributed by atoms with van der Waals surface area (Å²) in [6.07, 6.45) is 8.81. The molecule has 0 aromatic carbocycles. The van der Waals surface area contributed by atoms with E-state index in [1.807, 2.05) is 19.3 Å². The highest BCUT2D eigenvalue weighted by molar-refractivity contribution is 5.74. The summed E-state index contributed by atoms with van der Waals surface area (Å²) in [5, 5.41) is 3.19. The van der Waals surface area contributed by atoms with Crippen LogP contribution < -0.4 is 5.32 Å². The van der Waals surface area contributed by atoms with Gasteiger partial charge in [0.25, 0.3) is 0 Å². The normalized spacial score (nSPS) is 20.7. The van der Waals surface area contributed by atoms with E-state index in [2.05, 4.69) is 36.5 Å². The van der Waals surface area contributed by atoms with Crippen molar-refractivity contribution in [3.63, 3.8) is 0 Å². The topological polar surface area (TPSA) is 33.6 Å². The van der Waals surface area contributed by atoms with Gasteiger partial charge < -0.3 is 10.1 Å². The zero-order valence-corrected chi connectivity index (χ0v) is 13.6. The molecule has 1 heterocycles. The number of aliphatic imine (C=N–C) groups is 1. The van der Waals surface area contributed by atoms with Crippen molar-refractivity contribution < 1.29 is 4.74 Å². The van der Waals surface area contributed by atoms with Gasteiger partial charge in [0, 0.05) is 26.4 Å². The van der Waals surface area contributed by atoms with Gasteiger partial charge in [-0.2, -0.15) is 0 Å². The number of allylic oxidation sites excluding steroid dienone is 4. The van der Waals surface area contributed by atoms with Crippen molar-refractivity contribution in [2.45, 2.75) is 32.3 Å². The lowest BCUT2D eigenvalue weighted by molar-refractivity contribution is 0.0840. The quantitative estimate of drug-likeness (QED) is 0.575. The van der Waals surface area contributed by atoms with Crippen molar-refractivity contribution in [2.24, 2.45) is 4.99 Å². The molecule has 0 radical (unpaired) electrons. The molecular formula is C18H28N2O. The first-order valence-electron chi connectivity index (χ1n) is 7.62. The Morgan fingerprint density at radius 1 is 1.52 bits per heavy atom. The van der Waals surface area contributed by atoms with E-state index in [1.54, 1.807) is 7.05 Å². The van der Waals surface area contributed by atoms with Gasteiger partial charge in [-0.3, -0.25) is 4.99 Å². The van der Waals surface area contributed by atoms with E-state index < -0.39 is 0 Å². The monoisotopic (exact) mass is 288 g/mol. The predicted molar refractivity (Wildman–Crippen MR) is 92.1 cm³/mol. The fraction of sp³-hybridized carbons (Fsp3) is 0.500. The molecule has 3 heteroatoms. The van der Waals surface area contributed by atoms with Gasteiger partial charge in [0.2, 0.25) is 0 Å². The molecule has 0 fully saturated rings. The van der Waals surface area contributed by atoms with Crippen molar-refractivity contribution in [1.82, 2.24) is 5.32 Å². The summed E-state index contributed by atoms with van der Waals surface area (Å²) in [5.74, 6) is 0. The van der Waals surface area contributed by atoms with E-state index in [9.17, 15) is 0 Å². The molecule has 1 aliphatic rings. The standard InChI is InChI=1S/C18H28N2O/c1-6-15(10-11-19-4)14(3)17-9-8-12-21-18(13-20-5)16(17)7-2/h7,10-11,18,20H,2-3,6,8-9,12-13H2,1,4-5H3/b15-10+,19-11?. The highest BCUT2D eigenvalue weighted by Crippen LogP contribution is 2.31. The molecule has 0 amide bonds. The second kappa shape index (κ2) is 9.48. The van der Waals surface area contributed by atoms with E-state index in [1.165, 1.54) is 16.7 Å². The Bertz CT molecular complexity index is 458. The maximum Gasteiger partial charge on any atom is 0.0951 e. The maximum absolute atomic E-state index is 5.94. The Morgan fingerprint density at radius 2 is 2.29 bits per heavy atom. The van der Waals surface area contributed by atoms with Crippen LogP contribution in [0, 0.1) is 0 Å². The second-order valence-electron chi connectivity index (χ2n) is 5.09. The zero-order chi connectivity index (χ0) is 15.7. The molecule has 1 unspecified atom stereocenters. The van der Waals surface area contributed by atoms with Gasteiger partial charge in [-0.15, -0.1) is 0 Å². The highest BCUT2D eigenvalue weighted by Gasteiger charge is 2.21. The van der Waals surface area contributed by atoms with Crippen molar-refractivity contribution in [2.75, 3.05) is 27.2 Å². The molecule has 1 N–H and O–H groups in total. The molecule has 116 valence electrons. The molecule has 0 aromatic rings. The number of ether oxygens (including phenoxy) is 1. The third kappa shape index (κ3) is 4.80. The maximum atomic E-state index is 5.94. The summed E-state index contributed by atoms with van der Waals surface area (Å²) < 4.78 is 5.94. The number of hydrogen-bond acceptors (Lipinski definition) is 3. The van der Waals surface area contributed by atoms with Crippen LogP contribution in [0.5, 0.6) is 0 Å². The number of nitrogens with one attached hydrogen (secondary N) is 1. The van der Waals surface area contributed by atoms with Crippen LogP contribution in [-0.4, -0.2) is 39.6 Å². The lowest BCUT2D eigenvalue weighted by atomic mass is 9.89. The van der Waals surface area contributed by atoms with Crippen molar-refractivity contribution in [3.8, 4) is 0 Å². The lowest BCUT2D eigenvalue weighted by Crippen LogP contribution is -2.28. The Labute approximate surface area is 129 Å². The van der Waals surface area contributed by atoms with Crippen molar-refractivity contribution >= 4 is 6.21 Å². The number of hydrogen-bond donors (Lipinski definition) is 1. The van der Waals surface area contributed by atoms with Crippen LogP contribution in [0.25, 0.3) is 0 Å². The SMILES string of the molecule is C=CC1=C(C(=C)/C(=C/C=NC)CC)CCCOC1CNC. The molecule has 3 nitrogen and oxygen atoms in total. The molecule has 0 aromatic heterocycles. The Kier molecular flexibility index (Phi) is 7.95. The lowest BCUT2D eigenvalue weighted by Gasteiger charge is -2.20. The van der Waals surface area contributed by atoms with Crippen LogP contribution in [0.15, 0.2) is 52.6 Å². The van der Waals surface area contributed by atoms with Gasteiger partial charge >= 0.3 is 0 Å². The third-order valence-electron chi connectivity index (χ3n) is 3.75. The Morgan fingerprint density at radius 3 is 2.86 bits per heavy atom. The zero-order valence-electron chi connectivity index (χ0n) is 13.6. The summed E-state index contributed by atoms with van der Waals surface area (Å²) in [6, 6.07) is 0. The van der Waals surface area contributed by atoms with Crippen LogP contribution in [0.2, 0.25) is 0 Å². The highest BCUT2D eigenvalue weighted by atomic mass is 16.5. The molecule has 0 saturated heterocycles. The molecule has 0 spiro atoms. The number of likely N-dealkylation sites (N-methyl/N-ethyl adjacent to an activating group) is 1. The van der Waals surface area contributed by atoms with Gasteiger partial charge in [0.1, 0.15) is 0 Å². The van der Waals surface area contributed by atoms with Gasteiger partial charge in [0.05, 0.1) is 6.10 Å². The van der Waals surface area contributed by atoms with Crippen LogP contribution in [0.3, 0.4) is 0 Å². The minimum Gasteiger partial charge on any atom is -0.372 e. The van der Waals surface area contributed by atoms with E-state index >= 15 is 0 Å². The smallest absolute Gasteiger partial charge is 0.0951 e. The van der Waals surface area contributed by atoms with Crippen LogP contribution >= 0.6 is 0 Å². The van der Waals surface area contributed by atoms with E-state index in [0.29, 0.717) is 0 Å². The van der Waals surface area contributed by atoms with Gasteiger partial charge in [0.15, 0.2) is 0 Å². The van der Waals surface area contributed by atoms with E-state index in [-0.39, 0.29) is 6.10 Å². The van der Waals surface area contributed by atoms with Crippen LogP contribution in [0.4, 0.5) is 0 Å². The van der Waals surface area contributed by atoms with Gasteiger partial charge in [-0.25, -0.2) is 0 Å². The first kappa shape index (κ1) is 17.6. The predicted octanol–water partition coefficient (Wildman–Crippen LogP) is 3.46. The molecule has 1 rings (SSSR count). The van der Waals surface area contributed by atoms with Gasteiger partial charge in [-0.1, -0.05) is 26.2 Å². The summed E-state index contributed by atoms with van der Waals surface area (Å²) in [4.78, 5) is 4.04. The summed E-state index contributed by atoms with van der Waals surface area (Å²) in [7, 11) is 3.72. The minimum absolute atomic E-state index is 0.0553. The van der Waals surface area contributed by atoms with Crippen molar-refractivity contribution in [3.05, 3.63) is 47.6 Å². The largest absolute Gasteiger partial charge is 0.372 e. The second-order valence-corrected chi connectivity index (χ2v) is 5.09. The molecule has 21 heavy (non-hydrogen) atoms. The van der Waals surface area contributed by atoms with E-state index in [0.717, 1.165) is 38.0 Å². The minimum atomic E-state index is 0.0553. The number of rotatable bonds is 7. The fourth-order valence-electron chi connectivity index (χ4n) is 2.63. The molecule has 0 aliphatic carbocycles. The Balaban J connectivity index is 3.18. The average molecular weight is 288 g/mol. The molecular weight excluding hydrogens is 260 g/mol. The summed E-state index contributed by atoms with van der Waals surface area (Å²) in [5.41, 5.74) is 4.76.